The molecule has 3 N–H and O–H groups in total. The Labute approximate surface area is 117 Å². The van der Waals surface area contributed by atoms with Crippen LogP contribution in [0.2, 0.25) is 0 Å². The molecule has 0 fully saturated rings. The zero-order valence-electron chi connectivity index (χ0n) is 11.8. The average molecular weight is 305 g/mol. The number of hydrogen-bond donors (Lipinski definition) is 3. The van der Waals surface area contributed by atoms with Crippen LogP contribution in [0, 0.1) is 0 Å². The van der Waals surface area contributed by atoms with Crippen LogP contribution in [0.1, 0.15) is 26.5 Å². The van der Waals surface area contributed by atoms with E-state index in [4.69, 9.17) is 9.15 Å². The number of rotatable bonds is 5. The Kier molecular flexibility index (Phi) is 5.15. The summed E-state index contributed by atoms with van der Waals surface area (Å²) in [5.74, 6) is 0.356. The van der Waals surface area contributed by atoms with Gasteiger partial charge in [-0.2, -0.15) is 0 Å². The Morgan fingerprint density at radius 1 is 1.35 bits per heavy atom. The van der Waals surface area contributed by atoms with Crippen molar-refractivity contribution < 1.29 is 22.4 Å². The van der Waals surface area contributed by atoms with Crippen LogP contribution < -0.4 is 15.6 Å². The van der Waals surface area contributed by atoms with Crippen molar-refractivity contribution in [2.75, 3.05) is 7.05 Å². The number of furan rings is 1. The molecule has 0 radical (unpaired) electrons. The van der Waals surface area contributed by atoms with Crippen LogP contribution in [-0.2, 0) is 21.3 Å². The molecule has 0 saturated carbocycles. The van der Waals surface area contributed by atoms with Gasteiger partial charge in [0.2, 0.25) is 5.09 Å². The molecule has 1 aromatic heterocycles. The predicted molar refractivity (Wildman–Crippen MR) is 71.2 cm³/mol. The van der Waals surface area contributed by atoms with E-state index in [2.05, 4.69) is 15.6 Å². The van der Waals surface area contributed by atoms with Gasteiger partial charge < -0.3 is 9.15 Å². The predicted octanol–water partition coefficient (Wildman–Crippen LogP) is 0.717. The summed E-state index contributed by atoms with van der Waals surface area (Å²) in [4.78, 5) is 11.3. The molecule has 0 aliphatic rings. The Balaban J connectivity index is 2.46. The molecule has 0 atom stereocenters. The van der Waals surface area contributed by atoms with Crippen LogP contribution in [0.15, 0.2) is 21.6 Å². The minimum atomic E-state index is -3.60. The molecule has 1 amide bonds. The molecule has 20 heavy (non-hydrogen) atoms. The normalized spacial score (nSPS) is 12.2. The van der Waals surface area contributed by atoms with Gasteiger partial charge in [0.25, 0.3) is 10.0 Å². The lowest BCUT2D eigenvalue weighted by atomic mass is 10.2. The second-order valence-electron chi connectivity index (χ2n) is 4.91. The van der Waals surface area contributed by atoms with E-state index in [-0.39, 0.29) is 11.6 Å². The number of amides is 1. The van der Waals surface area contributed by atoms with Crippen molar-refractivity contribution in [1.82, 2.24) is 15.6 Å². The molecule has 1 aromatic rings. The summed E-state index contributed by atoms with van der Waals surface area (Å²) in [6.07, 6.45) is -0.632. The highest BCUT2D eigenvalue weighted by Crippen LogP contribution is 2.13. The zero-order valence-corrected chi connectivity index (χ0v) is 12.6. The van der Waals surface area contributed by atoms with Crippen LogP contribution in [0.3, 0.4) is 0 Å². The highest BCUT2D eigenvalue weighted by atomic mass is 32.2. The molecule has 0 spiro atoms. The van der Waals surface area contributed by atoms with Crippen LogP contribution in [0.25, 0.3) is 0 Å². The number of ether oxygens (including phenoxy) is 1. The van der Waals surface area contributed by atoms with Gasteiger partial charge in [-0.25, -0.2) is 23.4 Å². The topological polar surface area (TPSA) is 110 Å². The van der Waals surface area contributed by atoms with E-state index in [0.717, 1.165) is 0 Å². The van der Waals surface area contributed by atoms with E-state index in [1.807, 2.05) is 0 Å². The quantitative estimate of drug-likeness (QED) is 0.691. The lowest BCUT2D eigenvalue weighted by Crippen LogP contribution is -2.40. The molecule has 0 bridgehead atoms. The fourth-order valence-electron chi connectivity index (χ4n) is 1.21. The highest BCUT2D eigenvalue weighted by molar-refractivity contribution is 7.89. The Hall–Kier alpha value is -1.58. The molecule has 0 aromatic carbocycles. The maximum Gasteiger partial charge on any atom is 0.422 e. The standard InChI is InChI=1S/C11H19N3O5S/c1-11(2,3)19-10(15)14-13-7-8-5-6-9(18-8)20(16,17)12-4/h5-6,12-13H,7H2,1-4H3,(H,14,15). The molecular formula is C11H19N3O5S. The third-order valence-corrected chi connectivity index (χ3v) is 3.31. The van der Waals surface area contributed by atoms with Crippen molar-refractivity contribution >= 4 is 16.1 Å². The van der Waals surface area contributed by atoms with E-state index >= 15 is 0 Å². The van der Waals surface area contributed by atoms with Gasteiger partial charge in [-0.05, 0) is 40.0 Å². The third kappa shape index (κ3) is 5.19. The lowest BCUT2D eigenvalue weighted by molar-refractivity contribution is 0.0495. The van der Waals surface area contributed by atoms with Crippen molar-refractivity contribution in [2.45, 2.75) is 38.0 Å². The fourth-order valence-corrected chi connectivity index (χ4v) is 1.87. The maximum atomic E-state index is 11.4. The first-order chi connectivity index (χ1) is 9.14. The first-order valence-corrected chi connectivity index (χ1v) is 7.36. The summed E-state index contributed by atoms with van der Waals surface area (Å²) in [7, 11) is -2.31. The lowest BCUT2D eigenvalue weighted by Gasteiger charge is -2.19. The van der Waals surface area contributed by atoms with Gasteiger partial charge in [0.15, 0.2) is 0 Å². The minimum absolute atomic E-state index is 0.123. The van der Waals surface area contributed by atoms with E-state index in [1.165, 1.54) is 19.2 Å². The second kappa shape index (κ2) is 6.25. The van der Waals surface area contributed by atoms with E-state index < -0.39 is 21.7 Å². The number of carbonyl (C=O) groups is 1. The van der Waals surface area contributed by atoms with Crippen LogP contribution >= 0.6 is 0 Å². The molecular weight excluding hydrogens is 286 g/mol. The number of hydrogen-bond acceptors (Lipinski definition) is 6. The molecule has 1 rings (SSSR count). The molecule has 0 aliphatic carbocycles. The number of carbonyl (C=O) groups excluding carboxylic acids is 1. The first-order valence-electron chi connectivity index (χ1n) is 5.88. The smallest absolute Gasteiger partial charge is 0.422 e. The van der Waals surface area contributed by atoms with Gasteiger partial charge in [0.05, 0.1) is 6.54 Å². The number of nitrogens with one attached hydrogen (secondary N) is 3. The molecule has 0 saturated heterocycles. The van der Waals surface area contributed by atoms with E-state index in [0.29, 0.717) is 5.76 Å². The second-order valence-corrected chi connectivity index (χ2v) is 6.73. The molecule has 1 heterocycles. The zero-order chi connectivity index (χ0) is 15.4. The molecule has 0 unspecified atom stereocenters. The van der Waals surface area contributed by atoms with Crippen molar-refractivity contribution in [3.05, 3.63) is 17.9 Å². The third-order valence-electron chi connectivity index (χ3n) is 2.02. The van der Waals surface area contributed by atoms with Gasteiger partial charge in [0.1, 0.15) is 11.4 Å². The summed E-state index contributed by atoms with van der Waals surface area (Å²) < 4.78 is 35.1. The molecule has 114 valence electrons. The monoisotopic (exact) mass is 305 g/mol. The molecule has 9 heteroatoms. The largest absolute Gasteiger partial charge is 0.447 e. The van der Waals surface area contributed by atoms with Crippen molar-refractivity contribution in [3.63, 3.8) is 0 Å². The first kappa shape index (κ1) is 16.5. The summed E-state index contributed by atoms with van der Waals surface area (Å²) in [6, 6.07) is 2.82. The summed E-state index contributed by atoms with van der Waals surface area (Å²) in [5.41, 5.74) is 4.29. The van der Waals surface area contributed by atoms with Crippen LogP contribution in [-0.4, -0.2) is 27.2 Å². The van der Waals surface area contributed by atoms with Crippen molar-refractivity contribution in [1.29, 1.82) is 0 Å². The average Bonchev–Trinajstić information content (AvgIpc) is 2.76. The number of hydrazine groups is 1. The summed E-state index contributed by atoms with van der Waals surface area (Å²) in [6.45, 7) is 5.36. The van der Waals surface area contributed by atoms with E-state index in [1.54, 1.807) is 20.8 Å². The number of sulfonamides is 1. The Morgan fingerprint density at radius 2 is 2.00 bits per heavy atom. The van der Waals surface area contributed by atoms with Gasteiger partial charge in [-0.3, -0.25) is 5.43 Å². The molecule has 8 nitrogen and oxygen atoms in total. The van der Waals surface area contributed by atoms with E-state index in [9.17, 15) is 13.2 Å². The van der Waals surface area contributed by atoms with Gasteiger partial charge in [0, 0.05) is 0 Å². The summed E-state index contributed by atoms with van der Waals surface area (Å²) >= 11 is 0. The summed E-state index contributed by atoms with van der Waals surface area (Å²) in [5, 5.41) is -0.186. The minimum Gasteiger partial charge on any atom is -0.447 e. The van der Waals surface area contributed by atoms with Crippen molar-refractivity contribution in [2.24, 2.45) is 0 Å². The van der Waals surface area contributed by atoms with Crippen LogP contribution in [0.4, 0.5) is 4.79 Å². The fraction of sp³-hybridized carbons (Fsp3) is 0.545. The SMILES string of the molecule is CNS(=O)(=O)c1ccc(CNNC(=O)OC(C)(C)C)o1. The highest BCUT2D eigenvalue weighted by Gasteiger charge is 2.17. The van der Waals surface area contributed by atoms with Gasteiger partial charge >= 0.3 is 6.09 Å². The van der Waals surface area contributed by atoms with Gasteiger partial charge in [-0.15, -0.1) is 0 Å². The van der Waals surface area contributed by atoms with Crippen molar-refractivity contribution in [3.8, 4) is 0 Å². The maximum absolute atomic E-state index is 11.4. The Morgan fingerprint density at radius 3 is 2.55 bits per heavy atom. The van der Waals surface area contributed by atoms with Gasteiger partial charge in [-0.1, -0.05) is 0 Å². The van der Waals surface area contributed by atoms with Crippen LogP contribution in [0.5, 0.6) is 0 Å². The molecule has 0 aliphatic heterocycles. The Bertz CT molecular complexity index is 559.